The Labute approximate surface area is 201 Å². The van der Waals surface area contributed by atoms with Gasteiger partial charge in [-0.25, -0.2) is 22.9 Å². The number of carbonyl (C=O) groups is 1. The molecule has 2 N–H and O–H groups in total. The van der Waals surface area contributed by atoms with E-state index in [1.165, 1.54) is 0 Å². The maximum absolute atomic E-state index is 12.9. The third kappa shape index (κ3) is 6.18. The van der Waals surface area contributed by atoms with Gasteiger partial charge in [0, 0.05) is 36.2 Å². The van der Waals surface area contributed by atoms with Crippen molar-refractivity contribution in [2.45, 2.75) is 82.2 Å². The van der Waals surface area contributed by atoms with Gasteiger partial charge in [0.15, 0.2) is 0 Å². The number of nitrogens with one attached hydrogen (secondary N) is 1. The number of hydrogen-bond donors (Lipinski definition) is 2. The molecule has 4 bridgehead atoms. The van der Waals surface area contributed by atoms with Crippen molar-refractivity contribution in [2.24, 2.45) is 0 Å². The molecule has 1 amide bonds. The molecule has 3 atom stereocenters. The lowest BCUT2D eigenvalue weighted by atomic mass is 9.84. The molecule has 10 nitrogen and oxygen atoms in total. The van der Waals surface area contributed by atoms with Crippen LogP contribution < -0.4 is 9.46 Å². The van der Waals surface area contributed by atoms with Crippen molar-refractivity contribution in [1.29, 1.82) is 0 Å². The zero-order valence-corrected chi connectivity index (χ0v) is 20.6. The number of aliphatic hydroxyl groups excluding tert-OH is 1. The van der Waals surface area contributed by atoms with Crippen LogP contribution >= 0.6 is 0 Å². The van der Waals surface area contributed by atoms with Crippen LogP contribution in [0.1, 0.15) is 62.6 Å². The van der Waals surface area contributed by atoms with Crippen molar-refractivity contribution in [3.63, 3.8) is 0 Å². The Morgan fingerprint density at radius 2 is 1.91 bits per heavy atom. The molecule has 4 heterocycles. The first-order chi connectivity index (χ1) is 16.2. The summed E-state index contributed by atoms with van der Waals surface area (Å²) in [4.78, 5) is 19.2. The molecule has 5 rings (SSSR count). The summed E-state index contributed by atoms with van der Waals surface area (Å²) in [7, 11) is -3.44. The zero-order valence-electron chi connectivity index (χ0n) is 19.8. The number of aromatic nitrogens is 1. The number of aliphatic hydroxyl groups is 1. The van der Waals surface area contributed by atoms with Crippen LogP contribution in [0.25, 0.3) is 0 Å². The van der Waals surface area contributed by atoms with Crippen LogP contribution in [0.15, 0.2) is 12.1 Å². The maximum atomic E-state index is 12.9. The van der Waals surface area contributed by atoms with Gasteiger partial charge in [-0.15, -0.1) is 0 Å². The van der Waals surface area contributed by atoms with E-state index in [-0.39, 0.29) is 37.9 Å². The van der Waals surface area contributed by atoms with E-state index in [2.05, 4.69) is 9.71 Å². The average Bonchev–Trinajstić information content (AvgIpc) is 3.09. The van der Waals surface area contributed by atoms with Crippen molar-refractivity contribution < 1.29 is 32.5 Å². The molecule has 1 saturated carbocycles. The Balaban J connectivity index is 1.53. The van der Waals surface area contributed by atoms with Crippen LogP contribution in [-0.2, 0) is 26.1 Å². The van der Waals surface area contributed by atoms with E-state index in [9.17, 15) is 18.3 Å². The molecule has 1 aliphatic carbocycles. The molecular weight excluding hydrogens is 462 g/mol. The Hall–Kier alpha value is -1.95. The second-order valence-electron chi connectivity index (χ2n) is 9.58. The van der Waals surface area contributed by atoms with Crippen LogP contribution in [0.3, 0.4) is 0 Å². The Kier molecular flexibility index (Phi) is 7.96. The zero-order chi connectivity index (χ0) is 24.3. The molecule has 190 valence electrons. The van der Waals surface area contributed by atoms with Crippen LogP contribution in [-0.4, -0.2) is 79.8 Å². The predicted molar refractivity (Wildman–Crippen MR) is 124 cm³/mol. The number of amides is 1. The summed E-state index contributed by atoms with van der Waals surface area (Å²) in [5.41, 5.74) is 1.69. The molecule has 1 unspecified atom stereocenters. The summed E-state index contributed by atoms with van der Waals surface area (Å²) in [5.74, 6) is 0.732. The first-order valence-electron chi connectivity index (χ1n) is 12.0. The fourth-order valence-electron chi connectivity index (χ4n) is 5.26. The summed E-state index contributed by atoms with van der Waals surface area (Å²) in [6.45, 7) is 2.54. The number of nitrogens with zero attached hydrogens (tertiary/aromatic N) is 2. The minimum atomic E-state index is -3.44. The molecule has 1 saturated heterocycles. The lowest BCUT2D eigenvalue weighted by Crippen LogP contribution is -2.50. The number of fused-ring (bicyclic) bond motifs is 8. The van der Waals surface area contributed by atoms with Crippen LogP contribution in [0.2, 0.25) is 0 Å². The van der Waals surface area contributed by atoms with Crippen LogP contribution in [0.5, 0.6) is 5.88 Å². The van der Waals surface area contributed by atoms with Crippen molar-refractivity contribution in [3.8, 4) is 5.88 Å². The fourth-order valence-corrected chi connectivity index (χ4v) is 6.06. The van der Waals surface area contributed by atoms with Gasteiger partial charge in [0.05, 0.1) is 44.8 Å². The van der Waals surface area contributed by atoms with Gasteiger partial charge < -0.3 is 19.3 Å². The van der Waals surface area contributed by atoms with E-state index in [1.54, 1.807) is 11.0 Å². The standard InChI is InChI=1S/C23H35N3O7S/c1-15-10-20(25-34(2,29)30)21-14-33-18-6-4-17(5-7-18)19-11-16(13-27)12-22(24-19)31-8-3-9-32-23(28)26(15)21/h11-12,15,17-18,20-21,25,27H,3-10,13-14H2,1-2H3/t15-,17?,18?,20+,21?/m1/s1. The molecule has 0 spiro atoms. The monoisotopic (exact) mass is 497 g/mol. The number of sulfonamides is 1. The van der Waals surface area contributed by atoms with Gasteiger partial charge in [-0.1, -0.05) is 0 Å². The summed E-state index contributed by atoms with van der Waals surface area (Å²) in [6, 6.07) is 2.63. The normalized spacial score (nSPS) is 30.9. The third-order valence-corrected chi connectivity index (χ3v) is 7.62. The van der Waals surface area contributed by atoms with E-state index in [0.29, 0.717) is 25.3 Å². The maximum Gasteiger partial charge on any atom is 0.410 e. The number of pyridine rings is 1. The van der Waals surface area contributed by atoms with Crippen molar-refractivity contribution in [1.82, 2.24) is 14.6 Å². The lowest BCUT2D eigenvalue weighted by Gasteiger charge is -2.33. The highest BCUT2D eigenvalue weighted by atomic mass is 32.2. The molecule has 1 aromatic heterocycles. The second-order valence-corrected chi connectivity index (χ2v) is 11.4. The van der Waals surface area contributed by atoms with Crippen LogP contribution in [0.4, 0.5) is 4.79 Å². The fraction of sp³-hybridized carbons (Fsp3) is 0.739. The van der Waals surface area contributed by atoms with Crippen molar-refractivity contribution >= 4 is 16.1 Å². The van der Waals surface area contributed by atoms with E-state index < -0.39 is 28.2 Å². The predicted octanol–water partition coefficient (Wildman–Crippen LogP) is 1.92. The molecule has 2 fully saturated rings. The van der Waals surface area contributed by atoms with Crippen molar-refractivity contribution in [2.75, 3.05) is 26.1 Å². The van der Waals surface area contributed by atoms with Gasteiger partial charge in [-0.3, -0.25) is 4.90 Å². The number of ether oxygens (including phenoxy) is 3. The van der Waals surface area contributed by atoms with E-state index in [0.717, 1.165) is 43.2 Å². The number of carbonyl (C=O) groups excluding carboxylic acids is 1. The smallest absolute Gasteiger partial charge is 0.410 e. The van der Waals surface area contributed by atoms with Crippen molar-refractivity contribution in [3.05, 3.63) is 23.4 Å². The van der Waals surface area contributed by atoms with Gasteiger partial charge in [0.25, 0.3) is 0 Å². The minimum absolute atomic E-state index is 0.0244. The third-order valence-electron chi connectivity index (χ3n) is 6.89. The first-order valence-corrected chi connectivity index (χ1v) is 13.9. The SMILES string of the molecule is C[C@@H]1C[C@H](NS(C)(=O)=O)C2COC3CCC(CC3)c3cc(CO)cc(n3)OCCCOC(=O)N21. The molecule has 1 aromatic rings. The highest BCUT2D eigenvalue weighted by Gasteiger charge is 2.44. The van der Waals surface area contributed by atoms with E-state index in [1.807, 2.05) is 13.0 Å². The molecule has 11 heteroatoms. The minimum Gasteiger partial charge on any atom is -0.478 e. The highest BCUT2D eigenvalue weighted by Crippen LogP contribution is 2.35. The van der Waals surface area contributed by atoms with Gasteiger partial charge in [-0.05, 0) is 50.7 Å². The largest absolute Gasteiger partial charge is 0.478 e. The average molecular weight is 498 g/mol. The molecular formula is C23H35N3O7S. The molecule has 0 aromatic carbocycles. The summed E-state index contributed by atoms with van der Waals surface area (Å²) in [5, 5.41) is 9.66. The Morgan fingerprint density at radius 1 is 1.18 bits per heavy atom. The Bertz CT molecular complexity index is 965. The summed E-state index contributed by atoms with van der Waals surface area (Å²) in [6.07, 6.45) is 5.11. The first kappa shape index (κ1) is 25.2. The van der Waals surface area contributed by atoms with Gasteiger partial charge >= 0.3 is 6.09 Å². The molecule has 4 aliphatic rings. The lowest BCUT2D eigenvalue weighted by molar-refractivity contribution is -0.0107. The Morgan fingerprint density at radius 3 is 2.62 bits per heavy atom. The highest BCUT2D eigenvalue weighted by molar-refractivity contribution is 7.88. The topological polar surface area (TPSA) is 127 Å². The van der Waals surface area contributed by atoms with Gasteiger partial charge in [-0.2, -0.15) is 0 Å². The van der Waals surface area contributed by atoms with Gasteiger partial charge in [0.1, 0.15) is 0 Å². The van der Waals surface area contributed by atoms with Gasteiger partial charge in [0.2, 0.25) is 15.9 Å². The second kappa shape index (κ2) is 10.8. The molecule has 0 radical (unpaired) electrons. The van der Waals surface area contributed by atoms with E-state index >= 15 is 0 Å². The summed E-state index contributed by atoms with van der Waals surface area (Å²) >= 11 is 0. The molecule has 3 aliphatic heterocycles. The number of rotatable bonds is 3. The van der Waals surface area contributed by atoms with Crippen LogP contribution in [0, 0.1) is 0 Å². The summed E-state index contributed by atoms with van der Waals surface area (Å²) < 4.78 is 44.1. The van der Waals surface area contributed by atoms with E-state index in [4.69, 9.17) is 14.2 Å². The number of hydrogen-bond acceptors (Lipinski definition) is 8. The quantitative estimate of drug-likeness (QED) is 0.648. The molecule has 34 heavy (non-hydrogen) atoms.